The highest BCUT2D eigenvalue weighted by molar-refractivity contribution is 7.07. The summed E-state index contributed by atoms with van der Waals surface area (Å²) in [6, 6.07) is 5.42. The first-order valence-electron chi connectivity index (χ1n) is 6.16. The van der Waals surface area contributed by atoms with Gasteiger partial charge in [-0.15, -0.1) is 10.2 Å². The number of thiophene rings is 1. The Hall–Kier alpha value is -1.95. The van der Waals surface area contributed by atoms with E-state index in [4.69, 9.17) is 0 Å². The minimum Gasteiger partial charge on any atom is -0.369 e. The summed E-state index contributed by atoms with van der Waals surface area (Å²) in [5.74, 6) is 0.483. The molecule has 0 aliphatic carbocycles. The molecule has 0 saturated carbocycles. The molecule has 0 aliphatic rings. The van der Waals surface area contributed by atoms with Gasteiger partial charge in [0.25, 0.3) is 5.91 Å². The summed E-state index contributed by atoms with van der Waals surface area (Å²) in [5.41, 5.74) is 1.42. The molecule has 0 radical (unpaired) electrons. The van der Waals surface area contributed by atoms with E-state index < -0.39 is 0 Å². The van der Waals surface area contributed by atoms with Crippen LogP contribution in [0.1, 0.15) is 29.4 Å². The second-order valence-corrected chi connectivity index (χ2v) is 4.82. The van der Waals surface area contributed by atoms with Gasteiger partial charge in [0.1, 0.15) is 5.82 Å². The molecule has 2 heterocycles. The zero-order chi connectivity index (χ0) is 13.5. The van der Waals surface area contributed by atoms with Crippen LogP contribution in [0.5, 0.6) is 0 Å². The van der Waals surface area contributed by atoms with Crippen molar-refractivity contribution in [2.75, 3.05) is 11.9 Å². The zero-order valence-electron chi connectivity index (χ0n) is 10.7. The lowest BCUT2D eigenvalue weighted by Crippen LogP contribution is -2.24. The van der Waals surface area contributed by atoms with Crippen molar-refractivity contribution in [2.45, 2.75) is 19.9 Å². The Labute approximate surface area is 116 Å². The Morgan fingerprint density at radius 1 is 1.32 bits per heavy atom. The Kier molecular flexibility index (Phi) is 4.85. The molecule has 0 saturated heterocycles. The fourth-order valence-electron chi connectivity index (χ4n) is 1.47. The van der Waals surface area contributed by atoms with Crippen molar-refractivity contribution in [3.05, 3.63) is 40.2 Å². The third kappa shape index (κ3) is 4.03. The highest BCUT2D eigenvalue weighted by atomic mass is 32.1. The second kappa shape index (κ2) is 6.84. The van der Waals surface area contributed by atoms with Crippen LogP contribution in [0.2, 0.25) is 0 Å². The zero-order valence-corrected chi connectivity index (χ0v) is 11.5. The molecule has 0 spiro atoms. The monoisotopic (exact) mass is 276 g/mol. The average molecular weight is 276 g/mol. The second-order valence-electron chi connectivity index (χ2n) is 4.04. The van der Waals surface area contributed by atoms with Gasteiger partial charge in [0.15, 0.2) is 5.69 Å². The van der Waals surface area contributed by atoms with Crippen molar-refractivity contribution < 1.29 is 4.79 Å². The van der Waals surface area contributed by atoms with Crippen molar-refractivity contribution in [2.24, 2.45) is 0 Å². The molecule has 0 fully saturated rings. The van der Waals surface area contributed by atoms with E-state index in [-0.39, 0.29) is 5.91 Å². The fourth-order valence-corrected chi connectivity index (χ4v) is 2.14. The van der Waals surface area contributed by atoms with Crippen LogP contribution in [-0.4, -0.2) is 22.6 Å². The molecule has 0 aliphatic heterocycles. The first kappa shape index (κ1) is 13.5. The number of anilines is 1. The molecule has 2 N–H and O–H groups in total. The maximum atomic E-state index is 11.8. The van der Waals surface area contributed by atoms with Gasteiger partial charge < -0.3 is 10.6 Å². The van der Waals surface area contributed by atoms with Gasteiger partial charge in [-0.05, 0) is 40.9 Å². The van der Waals surface area contributed by atoms with Crippen LogP contribution >= 0.6 is 11.3 Å². The third-order valence-corrected chi connectivity index (χ3v) is 3.22. The lowest BCUT2D eigenvalue weighted by atomic mass is 10.3. The van der Waals surface area contributed by atoms with Gasteiger partial charge >= 0.3 is 0 Å². The normalized spacial score (nSPS) is 10.2. The summed E-state index contributed by atoms with van der Waals surface area (Å²) in [5, 5.41) is 17.8. The predicted octanol–water partition coefficient (Wildman–Crippen LogP) is 2.29. The fraction of sp³-hybridized carbons (Fsp3) is 0.308. The minimum atomic E-state index is -0.208. The Morgan fingerprint density at radius 3 is 2.84 bits per heavy atom. The van der Waals surface area contributed by atoms with Crippen LogP contribution < -0.4 is 10.6 Å². The summed E-state index contributed by atoms with van der Waals surface area (Å²) in [7, 11) is 0. The summed E-state index contributed by atoms with van der Waals surface area (Å²) in [6.45, 7) is 3.44. The van der Waals surface area contributed by atoms with Crippen molar-refractivity contribution in [1.29, 1.82) is 0 Å². The number of nitrogens with zero attached hydrogens (tertiary/aromatic N) is 2. The lowest BCUT2D eigenvalue weighted by molar-refractivity contribution is 0.0945. The Bertz CT molecular complexity index is 510. The van der Waals surface area contributed by atoms with Gasteiger partial charge in [0.05, 0.1) is 0 Å². The number of rotatable bonds is 6. The number of hydrogen-bond donors (Lipinski definition) is 2. The number of aromatic nitrogens is 2. The molecule has 0 bridgehead atoms. The van der Waals surface area contributed by atoms with Gasteiger partial charge in [-0.1, -0.05) is 6.92 Å². The minimum absolute atomic E-state index is 0.208. The topological polar surface area (TPSA) is 66.9 Å². The van der Waals surface area contributed by atoms with E-state index in [1.54, 1.807) is 23.5 Å². The third-order valence-electron chi connectivity index (χ3n) is 2.49. The molecule has 2 aromatic rings. The van der Waals surface area contributed by atoms with Crippen LogP contribution in [0.25, 0.3) is 0 Å². The SMILES string of the molecule is CCCNc1ccc(C(=O)NCc2ccsc2)nn1. The van der Waals surface area contributed by atoms with Gasteiger partial charge in [-0.25, -0.2) is 0 Å². The van der Waals surface area contributed by atoms with Crippen LogP contribution in [0.4, 0.5) is 5.82 Å². The number of amides is 1. The number of carbonyl (C=O) groups excluding carboxylic acids is 1. The largest absolute Gasteiger partial charge is 0.369 e. The van der Waals surface area contributed by atoms with E-state index in [0.717, 1.165) is 18.5 Å². The van der Waals surface area contributed by atoms with E-state index in [9.17, 15) is 4.79 Å². The Balaban J connectivity index is 1.88. The summed E-state index contributed by atoms with van der Waals surface area (Å²) >= 11 is 1.61. The Morgan fingerprint density at radius 2 is 2.21 bits per heavy atom. The predicted molar refractivity (Wildman–Crippen MR) is 76.3 cm³/mol. The van der Waals surface area contributed by atoms with Gasteiger partial charge in [-0.2, -0.15) is 11.3 Å². The van der Waals surface area contributed by atoms with Gasteiger partial charge in [-0.3, -0.25) is 4.79 Å². The quantitative estimate of drug-likeness (QED) is 0.849. The molecule has 19 heavy (non-hydrogen) atoms. The van der Waals surface area contributed by atoms with Crippen LogP contribution in [-0.2, 0) is 6.54 Å². The molecule has 1 amide bonds. The van der Waals surface area contributed by atoms with Crippen molar-refractivity contribution in [1.82, 2.24) is 15.5 Å². The van der Waals surface area contributed by atoms with Crippen LogP contribution in [0, 0.1) is 0 Å². The molecule has 0 unspecified atom stereocenters. The molecule has 2 rings (SSSR count). The smallest absolute Gasteiger partial charge is 0.272 e. The molecule has 0 aromatic carbocycles. The maximum absolute atomic E-state index is 11.8. The van der Waals surface area contributed by atoms with Crippen LogP contribution in [0.3, 0.4) is 0 Å². The molecular weight excluding hydrogens is 260 g/mol. The van der Waals surface area contributed by atoms with E-state index in [2.05, 4.69) is 27.8 Å². The number of carbonyl (C=O) groups is 1. The van der Waals surface area contributed by atoms with E-state index in [1.165, 1.54) is 0 Å². The number of nitrogens with one attached hydrogen (secondary N) is 2. The van der Waals surface area contributed by atoms with Gasteiger partial charge in [0, 0.05) is 13.1 Å². The van der Waals surface area contributed by atoms with Crippen molar-refractivity contribution >= 4 is 23.1 Å². The first-order chi connectivity index (χ1) is 9.29. The van der Waals surface area contributed by atoms with E-state index >= 15 is 0 Å². The average Bonchev–Trinajstić information content (AvgIpc) is 2.96. The van der Waals surface area contributed by atoms with E-state index in [1.807, 2.05) is 16.8 Å². The maximum Gasteiger partial charge on any atom is 0.272 e. The molecule has 100 valence electrons. The van der Waals surface area contributed by atoms with E-state index in [0.29, 0.717) is 18.1 Å². The van der Waals surface area contributed by atoms with Crippen molar-refractivity contribution in [3.63, 3.8) is 0 Å². The highest BCUT2D eigenvalue weighted by Crippen LogP contribution is 2.06. The first-order valence-corrected chi connectivity index (χ1v) is 7.10. The highest BCUT2D eigenvalue weighted by Gasteiger charge is 2.07. The molecule has 2 aromatic heterocycles. The molecule has 0 atom stereocenters. The summed E-state index contributed by atoms with van der Waals surface area (Å²) in [4.78, 5) is 11.8. The standard InChI is InChI=1S/C13H16N4OS/c1-2-6-14-12-4-3-11(16-17-12)13(18)15-8-10-5-7-19-9-10/h3-5,7,9H,2,6,8H2,1H3,(H,14,17)(H,15,18). The van der Waals surface area contributed by atoms with Gasteiger partial charge in [0.2, 0.25) is 0 Å². The number of hydrogen-bond acceptors (Lipinski definition) is 5. The molecular formula is C13H16N4OS. The summed E-state index contributed by atoms with van der Waals surface area (Å²) < 4.78 is 0. The van der Waals surface area contributed by atoms with Crippen LogP contribution in [0.15, 0.2) is 29.0 Å². The molecule has 5 nitrogen and oxygen atoms in total. The lowest BCUT2D eigenvalue weighted by Gasteiger charge is -2.05. The van der Waals surface area contributed by atoms with Crippen molar-refractivity contribution in [3.8, 4) is 0 Å². The molecule has 6 heteroatoms. The summed E-state index contributed by atoms with van der Waals surface area (Å²) in [6.07, 6.45) is 1.02.